The van der Waals surface area contributed by atoms with E-state index in [1.165, 1.54) is 0 Å². The molecule has 0 radical (unpaired) electrons. The van der Waals surface area contributed by atoms with E-state index in [4.69, 9.17) is 0 Å². The monoisotopic (exact) mass is 287 g/mol. The Morgan fingerprint density at radius 3 is 2.68 bits per heavy atom. The van der Waals surface area contributed by atoms with Gasteiger partial charge in [0.25, 0.3) is 0 Å². The molecule has 1 aromatic rings. The standard InChI is InChI=1S/C12H21N3O3S/c1-5-10(3)15-11(8-9(2)14-15)13-12(16)6-7-19(4,17)18/h8,10H,5-7H2,1-4H3,(H,13,16). The molecule has 0 spiro atoms. The predicted octanol–water partition coefficient (Wildman–Crippen LogP) is 1.54. The van der Waals surface area contributed by atoms with Gasteiger partial charge in [-0.25, -0.2) is 13.1 Å². The van der Waals surface area contributed by atoms with Gasteiger partial charge in [0.15, 0.2) is 0 Å². The Morgan fingerprint density at radius 1 is 1.53 bits per heavy atom. The van der Waals surface area contributed by atoms with Crippen LogP contribution in [-0.4, -0.2) is 36.1 Å². The fourth-order valence-corrected chi connectivity index (χ4v) is 2.16. The second-order valence-electron chi connectivity index (χ2n) is 4.80. The molecule has 0 fully saturated rings. The van der Waals surface area contributed by atoms with Gasteiger partial charge in [0.05, 0.1) is 17.5 Å². The Hall–Kier alpha value is -1.37. The third-order valence-electron chi connectivity index (χ3n) is 2.83. The van der Waals surface area contributed by atoms with E-state index in [1.807, 2.05) is 20.8 Å². The molecule has 108 valence electrons. The lowest BCUT2D eigenvalue weighted by Gasteiger charge is -2.14. The lowest BCUT2D eigenvalue weighted by atomic mass is 10.3. The van der Waals surface area contributed by atoms with Crippen LogP contribution in [0.4, 0.5) is 5.82 Å². The summed E-state index contributed by atoms with van der Waals surface area (Å²) in [7, 11) is -3.12. The third-order valence-corrected chi connectivity index (χ3v) is 3.78. The average Bonchev–Trinajstić information content (AvgIpc) is 2.65. The predicted molar refractivity (Wildman–Crippen MR) is 74.9 cm³/mol. The summed E-state index contributed by atoms with van der Waals surface area (Å²) < 4.78 is 23.8. The van der Waals surface area contributed by atoms with Crippen molar-refractivity contribution >= 4 is 21.6 Å². The van der Waals surface area contributed by atoms with Gasteiger partial charge in [-0.1, -0.05) is 6.92 Å². The molecule has 7 heteroatoms. The number of aryl methyl sites for hydroxylation is 1. The van der Waals surface area contributed by atoms with Crippen molar-refractivity contribution < 1.29 is 13.2 Å². The van der Waals surface area contributed by atoms with Crippen LogP contribution in [0.5, 0.6) is 0 Å². The van der Waals surface area contributed by atoms with E-state index < -0.39 is 9.84 Å². The van der Waals surface area contributed by atoms with Crippen molar-refractivity contribution in [3.63, 3.8) is 0 Å². The number of aromatic nitrogens is 2. The van der Waals surface area contributed by atoms with Gasteiger partial charge in [-0.05, 0) is 20.3 Å². The first-order chi connectivity index (χ1) is 8.73. The normalized spacial score (nSPS) is 13.3. The SMILES string of the molecule is CCC(C)n1nc(C)cc1NC(=O)CCS(C)(=O)=O. The van der Waals surface area contributed by atoms with Crippen LogP contribution in [0, 0.1) is 6.92 Å². The number of rotatable bonds is 6. The maximum atomic E-state index is 11.7. The molecule has 1 N–H and O–H groups in total. The molecular weight excluding hydrogens is 266 g/mol. The number of carbonyl (C=O) groups is 1. The van der Waals surface area contributed by atoms with Gasteiger partial charge in [-0.2, -0.15) is 5.10 Å². The third kappa shape index (κ3) is 5.02. The number of amides is 1. The lowest BCUT2D eigenvalue weighted by molar-refractivity contribution is -0.115. The largest absolute Gasteiger partial charge is 0.311 e. The number of nitrogens with one attached hydrogen (secondary N) is 1. The Bertz CT molecular complexity index is 549. The van der Waals surface area contributed by atoms with Crippen LogP contribution in [0.3, 0.4) is 0 Å². The summed E-state index contributed by atoms with van der Waals surface area (Å²) in [6.07, 6.45) is 1.98. The first-order valence-corrected chi connectivity index (χ1v) is 8.32. The van der Waals surface area contributed by atoms with Crippen molar-refractivity contribution in [1.82, 2.24) is 9.78 Å². The zero-order valence-electron chi connectivity index (χ0n) is 11.8. The number of sulfone groups is 1. The molecule has 1 rings (SSSR count). The van der Waals surface area contributed by atoms with E-state index in [0.29, 0.717) is 5.82 Å². The topological polar surface area (TPSA) is 81.1 Å². The fraction of sp³-hybridized carbons (Fsp3) is 0.667. The van der Waals surface area contributed by atoms with Crippen LogP contribution in [0.2, 0.25) is 0 Å². The van der Waals surface area contributed by atoms with Gasteiger partial charge in [-0.15, -0.1) is 0 Å². The zero-order valence-corrected chi connectivity index (χ0v) is 12.6. The molecule has 0 aliphatic rings. The van der Waals surface area contributed by atoms with Crippen molar-refractivity contribution in [1.29, 1.82) is 0 Å². The molecule has 6 nitrogen and oxygen atoms in total. The van der Waals surface area contributed by atoms with Gasteiger partial charge in [0.1, 0.15) is 15.7 Å². The highest BCUT2D eigenvalue weighted by atomic mass is 32.2. The van der Waals surface area contributed by atoms with Crippen molar-refractivity contribution in [2.45, 2.75) is 39.7 Å². The molecule has 0 aliphatic heterocycles. The van der Waals surface area contributed by atoms with Crippen LogP contribution in [0.25, 0.3) is 0 Å². The van der Waals surface area contributed by atoms with Crippen LogP contribution in [0.1, 0.15) is 38.4 Å². The zero-order chi connectivity index (χ0) is 14.6. The summed E-state index contributed by atoms with van der Waals surface area (Å²) in [5, 5.41) is 7.04. The number of hydrogen-bond donors (Lipinski definition) is 1. The summed E-state index contributed by atoms with van der Waals surface area (Å²) in [5.41, 5.74) is 0.818. The Morgan fingerprint density at radius 2 is 2.16 bits per heavy atom. The average molecular weight is 287 g/mol. The molecular formula is C12H21N3O3S. The molecule has 0 bridgehead atoms. The lowest BCUT2D eigenvalue weighted by Crippen LogP contribution is -2.19. The first kappa shape index (κ1) is 15.7. The fourth-order valence-electron chi connectivity index (χ4n) is 1.60. The Balaban J connectivity index is 2.74. The van der Waals surface area contributed by atoms with Gasteiger partial charge in [0, 0.05) is 18.7 Å². The summed E-state index contributed by atoms with van der Waals surface area (Å²) >= 11 is 0. The van der Waals surface area contributed by atoms with Crippen molar-refractivity contribution in [3.8, 4) is 0 Å². The Labute approximate surface area is 114 Å². The highest BCUT2D eigenvalue weighted by molar-refractivity contribution is 7.90. The highest BCUT2D eigenvalue weighted by Crippen LogP contribution is 2.18. The number of anilines is 1. The van der Waals surface area contributed by atoms with E-state index in [0.717, 1.165) is 18.4 Å². The van der Waals surface area contributed by atoms with E-state index >= 15 is 0 Å². The van der Waals surface area contributed by atoms with Gasteiger partial charge in [0.2, 0.25) is 5.91 Å². The summed E-state index contributed by atoms with van der Waals surface area (Å²) in [6.45, 7) is 5.90. The van der Waals surface area contributed by atoms with E-state index in [9.17, 15) is 13.2 Å². The molecule has 1 atom stereocenters. The second-order valence-corrected chi connectivity index (χ2v) is 7.06. The summed E-state index contributed by atoms with van der Waals surface area (Å²) in [5.74, 6) is 0.162. The van der Waals surface area contributed by atoms with Gasteiger partial charge >= 0.3 is 0 Å². The Kier molecular flexibility index (Phi) is 5.11. The van der Waals surface area contributed by atoms with E-state index in [1.54, 1.807) is 10.7 Å². The minimum absolute atomic E-state index is 0.0381. The molecule has 0 aliphatic carbocycles. The molecule has 1 aromatic heterocycles. The maximum absolute atomic E-state index is 11.7. The van der Waals surface area contributed by atoms with Crippen LogP contribution < -0.4 is 5.32 Å². The van der Waals surface area contributed by atoms with Crippen molar-refractivity contribution in [2.24, 2.45) is 0 Å². The molecule has 0 saturated heterocycles. The van der Waals surface area contributed by atoms with Gasteiger partial charge < -0.3 is 5.32 Å². The van der Waals surface area contributed by atoms with Crippen molar-refractivity contribution in [2.75, 3.05) is 17.3 Å². The molecule has 1 amide bonds. The van der Waals surface area contributed by atoms with Crippen LogP contribution in [0.15, 0.2) is 6.07 Å². The molecule has 1 heterocycles. The number of nitrogens with zero attached hydrogens (tertiary/aromatic N) is 2. The summed E-state index contributed by atoms with van der Waals surface area (Å²) in [4.78, 5) is 11.7. The van der Waals surface area contributed by atoms with Crippen LogP contribution >= 0.6 is 0 Å². The highest BCUT2D eigenvalue weighted by Gasteiger charge is 2.14. The minimum Gasteiger partial charge on any atom is -0.311 e. The minimum atomic E-state index is -3.12. The quantitative estimate of drug-likeness (QED) is 0.860. The first-order valence-electron chi connectivity index (χ1n) is 6.26. The van der Waals surface area contributed by atoms with Crippen molar-refractivity contribution in [3.05, 3.63) is 11.8 Å². The second kappa shape index (κ2) is 6.18. The van der Waals surface area contributed by atoms with Gasteiger partial charge in [-0.3, -0.25) is 4.79 Å². The number of hydrogen-bond acceptors (Lipinski definition) is 4. The molecule has 0 aromatic carbocycles. The summed E-state index contributed by atoms with van der Waals surface area (Å²) in [6, 6.07) is 1.96. The van der Waals surface area contributed by atoms with E-state index in [-0.39, 0.29) is 24.1 Å². The molecule has 19 heavy (non-hydrogen) atoms. The van der Waals surface area contributed by atoms with Crippen LogP contribution in [-0.2, 0) is 14.6 Å². The molecule has 0 saturated carbocycles. The number of carbonyl (C=O) groups excluding carboxylic acids is 1. The smallest absolute Gasteiger partial charge is 0.226 e. The van der Waals surface area contributed by atoms with E-state index in [2.05, 4.69) is 10.4 Å². The maximum Gasteiger partial charge on any atom is 0.226 e. The molecule has 1 unspecified atom stereocenters.